The summed E-state index contributed by atoms with van der Waals surface area (Å²) in [7, 11) is 0. The molecule has 1 aliphatic rings. The Morgan fingerprint density at radius 3 is 1.97 bits per heavy atom. The monoisotopic (exact) mass is 410 g/mol. The molecular weight excluding hydrogens is 380 g/mol. The molecule has 0 radical (unpaired) electrons. The van der Waals surface area contributed by atoms with Crippen LogP contribution in [0.1, 0.15) is 50.3 Å². The van der Waals surface area contributed by atoms with Gasteiger partial charge < -0.3 is 9.47 Å². The number of hydrogen-bond acceptors (Lipinski definition) is 2. The third-order valence-electron chi connectivity index (χ3n) is 5.76. The Hall–Kier alpha value is -3.10. The van der Waals surface area contributed by atoms with Gasteiger partial charge in [0.15, 0.2) is 5.60 Å². The van der Waals surface area contributed by atoms with Crippen LogP contribution in [0.2, 0.25) is 0 Å². The number of benzene rings is 3. The highest BCUT2D eigenvalue weighted by Crippen LogP contribution is 2.52. The van der Waals surface area contributed by atoms with Gasteiger partial charge in [-0.15, -0.1) is 0 Å². The summed E-state index contributed by atoms with van der Waals surface area (Å²) in [6.07, 6.45) is 6.61. The first kappa shape index (κ1) is 21.1. The smallest absolute Gasteiger partial charge is 0.151 e. The van der Waals surface area contributed by atoms with E-state index >= 15 is 0 Å². The number of allylic oxidation sites excluding steroid dienone is 3. The molecule has 2 nitrogen and oxygen atoms in total. The van der Waals surface area contributed by atoms with Crippen molar-refractivity contribution < 1.29 is 9.47 Å². The summed E-state index contributed by atoms with van der Waals surface area (Å²) in [6.45, 7) is 7.00. The van der Waals surface area contributed by atoms with Gasteiger partial charge in [0.05, 0.1) is 6.61 Å². The van der Waals surface area contributed by atoms with E-state index in [9.17, 15) is 0 Å². The van der Waals surface area contributed by atoms with Crippen molar-refractivity contribution in [3.63, 3.8) is 0 Å². The maximum Gasteiger partial charge on any atom is 0.151 e. The number of para-hydroxylation sites is 2. The van der Waals surface area contributed by atoms with Crippen molar-refractivity contribution in [2.24, 2.45) is 0 Å². The molecular formula is C29H30O2. The van der Waals surface area contributed by atoms with Gasteiger partial charge in [0, 0.05) is 11.1 Å². The van der Waals surface area contributed by atoms with Crippen molar-refractivity contribution in [2.45, 2.75) is 39.2 Å². The fourth-order valence-corrected chi connectivity index (χ4v) is 4.18. The van der Waals surface area contributed by atoms with Crippen LogP contribution in [0.5, 0.6) is 11.5 Å². The lowest BCUT2D eigenvalue weighted by Crippen LogP contribution is -2.36. The van der Waals surface area contributed by atoms with E-state index in [1.807, 2.05) is 30.3 Å². The molecule has 0 saturated heterocycles. The van der Waals surface area contributed by atoms with Gasteiger partial charge >= 0.3 is 0 Å². The molecule has 0 bridgehead atoms. The third kappa shape index (κ3) is 4.35. The Labute approximate surface area is 185 Å². The second kappa shape index (κ2) is 9.36. The molecule has 0 aliphatic carbocycles. The largest absolute Gasteiger partial charge is 0.457 e. The maximum atomic E-state index is 6.84. The number of rotatable bonds is 7. The minimum Gasteiger partial charge on any atom is -0.457 e. The average Bonchev–Trinajstić information content (AvgIpc) is 2.79. The minimum absolute atomic E-state index is 0.526. The zero-order chi connectivity index (χ0) is 21.7. The Kier molecular flexibility index (Phi) is 6.39. The first-order chi connectivity index (χ1) is 15.1. The van der Waals surface area contributed by atoms with Crippen LogP contribution in [0.3, 0.4) is 0 Å². The molecule has 0 fully saturated rings. The molecule has 0 atom stereocenters. The van der Waals surface area contributed by atoms with Gasteiger partial charge in [-0.3, -0.25) is 0 Å². The number of fused-ring (bicyclic) bond motifs is 2. The molecule has 3 aromatic rings. The van der Waals surface area contributed by atoms with E-state index in [-0.39, 0.29) is 0 Å². The Bertz CT molecular complexity index is 1040. The standard InChI is InChI=1S/C29H30O2/c1-22(2)12-11-13-23(3)20-21-30-29(24-14-5-4-6-15-24)25-16-7-9-18-27(25)31-28-19-10-8-17-26(28)29/h4-10,12,14-20H,11,13,21H2,1-3H3/b23-20+. The lowest BCUT2D eigenvalue weighted by molar-refractivity contribution is 0.0243. The summed E-state index contributed by atoms with van der Waals surface area (Å²) in [5.74, 6) is 1.68. The van der Waals surface area contributed by atoms with Crippen molar-refractivity contribution in [1.82, 2.24) is 0 Å². The molecule has 1 aliphatic heterocycles. The molecule has 0 spiro atoms. The maximum absolute atomic E-state index is 6.84. The van der Waals surface area contributed by atoms with Gasteiger partial charge in [0.1, 0.15) is 11.5 Å². The molecule has 3 aromatic carbocycles. The highest BCUT2D eigenvalue weighted by molar-refractivity contribution is 5.61. The molecule has 2 heteroatoms. The van der Waals surface area contributed by atoms with Crippen molar-refractivity contribution in [2.75, 3.05) is 6.61 Å². The molecule has 0 saturated carbocycles. The van der Waals surface area contributed by atoms with Crippen LogP contribution in [0.15, 0.2) is 102 Å². The summed E-state index contributed by atoms with van der Waals surface area (Å²) in [6, 6.07) is 26.9. The van der Waals surface area contributed by atoms with E-state index in [1.54, 1.807) is 0 Å². The van der Waals surface area contributed by atoms with Gasteiger partial charge in [0.2, 0.25) is 0 Å². The lowest BCUT2D eigenvalue weighted by atomic mass is 9.78. The van der Waals surface area contributed by atoms with Crippen LogP contribution in [-0.2, 0) is 10.3 Å². The number of ether oxygens (including phenoxy) is 2. The third-order valence-corrected chi connectivity index (χ3v) is 5.76. The van der Waals surface area contributed by atoms with Crippen molar-refractivity contribution in [3.05, 3.63) is 119 Å². The molecule has 0 unspecified atom stereocenters. The first-order valence-electron chi connectivity index (χ1n) is 11.0. The Morgan fingerprint density at radius 1 is 0.774 bits per heavy atom. The SMILES string of the molecule is CC(C)=CCC/C(C)=C/COC1(c2ccccc2)c2ccccc2Oc2ccccc21. The lowest BCUT2D eigenvalue weighted by Gasteiger charge is -2.40. The molecule has 0 N–H and O–H groups in total. The van der Waals surface area contributed by atoms with E-state index in [0.29, 0.717) is 6.61 Å². The zero-order valence-electron chi connectivity index (χ0n) is 18.6. The minimum atomic E-state index is -0.719. The van der Waals surface area contributed by atoms with Gasteiger partial charge in [-0.2, -0.15) is 0 Å². The fraction of sp³-hybridized carbons (Fsp3) is 0.241. The van der Waals surface area contributed by atoms with Crippen LogP contribution < -0.4 is 4.74 Å². The van der Waals surface area contributed by atoms with Gasteiger partial charge in [-0.1, -0.05) is 90.0 Å². The molecule has 31 heavy (non-hydrogen) atoms. The summed E-state index contributed by atoms with van der Waals surface area (Å²) < 4.78 is 13.1. The zero-order valence-corrected chi connectivity index (χ0v) is 18.6. The average molecular weight is 411 g/mol. The number of hydrogen-bond donors (Lipinski definition) is 0. The predicted octanol–water partition coefficient (Wildman–Crippen LogP) is 7.79. The van der Waals surface area contributed by atoms with Crippen LogP contribution in [0.25, 0.3) is 0 Å². The second-order valence-corrected chi connectivity index (χ2v) is 8.32. The molecule has 0 aromatic heterocycles. The quantitative estimate of drug-likeness (QED) is 0.370. The van der Waals surface area contributed by atoms with Gasteiger partial charge in [-0.05, 0) is 51.3 Å². The van der Waals surface area contributed by atoms with Gasteiger partial charge in [0.25, 0.3) is 0 Å². The van der Waals surface area contributed by atoms with Crippen molar-refractivity contribution in [1.29, 1.82) is 0 Å². The van der Waals surface area contributed by atoms with Crippen molar-refractivity contribution in [3.8, 4) is 11.5 Å². The first-order valence-corrected chi connectivity index (χ1v) is 11.0. The van der Waals surface area contributed by atoms with Crippen LogP contribution in [0.4, 0.5) is 0 Å². The van der Waals surface area contributed by atoms with Crippen LogP contribution in [0, 0.1) is 0 Å². The van der Waals surface area contributed by atoms with E-state index in [0.717, 1.165) is 41.0 Å². The van der Waals surface area contributed by atoms with Crippen LogP contribution >= 0.6 is 0 Å². The van der Waals surface area contributed by atoms with Crippen molar-refractivity contribution >= 4 is 0 Å². The summed E-state index contributed by atoms with van der Waals surface area (Å²) in [4.78, 5) is 0. The molecule has 4 rings (SSSR count). The normalized spacial score (nSPS) is 14.2. The van der Waals surface area contributed by atoms with E-state index < -0.39 is 5.60 Å². The molecule has 0 amide bonds. The van der Waals surface area contributed by atoms with E-state index in [4.69, 9.17) is 9.47 Å². The summed E-state index contributed by atoms with van der Waals surface area (Å²) >= 11 is 0. The van der Waals surface area contributed by atoms with E-state index in [1.165, 1.54) is 11.1 Å². The highest BCUT2D eigenvalue weighted by Gasteiger charge is 2.44. The molecule has 158 valence electrons. The Morgan fingerprint density at radius 2 is 1.35 bits per heavy atom. The predicted molar refractivity (Wildman–Crippen MR) is 128 cm³/mol. The Balaban J connectivity index is 1.75. The van der Waals surface area contributed by atoms with Gasteiger partial charge in [-0.25, -0.2) is 0 Å². The summed E-state index contributed by atoms with van der Waals surface area (Å²) in [5.41, 5.74) is 5.17. The highest BCUT2D eigenvalue weighted by atomic mass is 16.5. The topological polar surface area (TPSA) is 18.5 Å². The summed E-state index contributed by atoms with van der Waals surface area (Å²) in [5, 5.41) is 0. The fourth-order valence-electron chi connectivity index (χ4n) is 4.18. The van der Waals surface area contributed by atoms with Crippen LogP contribution in [-0.4, -0.2) is 6.61 Å². The van der Waals surface area contributed by atoms with E-state index in [2.05, 4.69) is 81.5 Å². The second-order valence-electron chi connectivity index (χ2n) is 8.32. The molecule has 1 heterocycles.